The van der Waals surface area contributed by atoms with E-state index in [1.54, 1.807) is 0 Å². The summed E-state index contributed by atoms with van der Waals surface area (Å²) in [5.41, 5.74) is 5.97. The minimum Gasteiger partial charge on any atom is -0.327 e. The average Bonchev–Trinajstić information content (AvgIpc) is 2.34. The molecule has 1 heteroatoms. The maximum Gasteiger partial charge on any atom is 0.00670 e. The second kappa shape index (κ2) is 3.38. The van der Waals surface area contributed by atoms with E-state index in [1.165, 1.54) is 19.3 Å². The zero-order valence-corrected chi connectivity index (χ0v) is 7.14. The Hall–Kier alpha value is -0.0400. The van der Waals surface area contributed by atoms with E-state index in [4.69, 9.17) is 5.73 Å². The Kier molecular flexibility index (Phi) is 2.72. The Balaban J connectivity index is 2.38. The van der Waals surface area contributed by atoms with Gasteiger partial charge in [-0.1, -0.05) is 26.7 Å². The third-order valence-electron chi connectivity index (χ3n) is 2.95. The monoisotopic (exact) mass is 141 g/mol. The molecular weight excluding hydrogens is 122 g/mol. The Morgan fingerprint density at radius 2 is 2.20 bits per heavy atom. The van der Waals surface area contributed by atoms with Gasteiger partial charge in [0.15, 0.2) is 0 Å². The molecule has 1 aliphatic carbocycles. The second-order valence-electron chi connectivity index (χ2n) is 3.64. The van der Waals surface area contributed by atoms with Gasteiger partial charge in [0.1, 0.15) is 0 Å². The van der Waals surface area contributed by atoms with Crippen molar-refractivity contribution >= 4 is 0 Å². The highest BCUT2D eigenvalue weighted by Gasteiger charge is 2.27. The first kappa shape index (κ1) is 8.06. The SMILES string of the molecule is CCC(N)C1CCCC1C. The van der Waals surface area contributed by atoms with Crippen molar-refractivity contribution in [2.75, 3.05) is 0 Å². The summed E-state index contributed by atoms with van der Waals surface area (Å²) in [5.74, 6) is 1.71. The minimum atomic E-state index is 0.470. The molecule has 0 bridgehead atoms. The van der Waals surface area contributed by atoms with Crippen LogP contribution in [-0.2, 0) is 0 Å². The van der Waals surface area contributed by atoms with Crippen molar-refractivity contribution < 1.29 is 0 Å². The summed E-state index contributed by atoms with van der Waals surface area (Å²) in [6.45, 7) is 4.53. The molecule has 3 atom stereocenters. The summed E-state index contributed by atoms with van der Waals surface area (Å²) < 4.78 is 0. The number of hydrogen-bond acceptors (Lipinski definition) is 1. The Bertz CT molecular complexity index is 101. The third-order valence-corrected chi connectivity index (χ3v) is 2.95. The number of rotatable bonds is 2. The van der Waals surface area contributed by atoms with E-state index in [9.17, 15) is 0 Å². The van der Waals surface area contributed by atoms with Gasteiger partial charge in [0, 0.05) is 6.04 Å². The fraction of sp³-hybridized carbons (Fsp3) is 1.00. The van der Waals surface area contributed by atoms with Crippen LogP contribution in [0.4, 0.5) is 0 Å². The first-order valence-corrected chi connectivity index (χ1v) is 4.51. The number of nitrogens with two attached hydrogens (primary N) is 1. The van der Waals surface area contributed by atoms with Gasteiger partial charge in [0.2, 0.25) is 0 Å². The lowest BCUT2D eigenvalue weighted by Gasteiger charge is -2.21. The summed E-state index contributed by atoms with van der Waals surface area (Å²) in [4.78, 5) is 0. The maximum atomic E-state index is 5.97. The molecule has 1 nitrogen and oxygen atoms in total. The van der Waals surface area contributed by atoms with Gasteiger partial charge in [-0.3, -0.25) is 0 Å². The van der Waals surface area contributed by atoms with E-state index < -0.39 is 0 Å². The molecule has 3 unspecified atom stereocenters. The largest absolute Gasteiger partial charge is 0.327 e. The van der Waals surface area contributed by atoms with E-state index in [0.29, 0.717) is 6.04 Å². The second-order valence-corrected chi connectivity index (χ2v) is 3.64. The Labute approximate surface area is 64.0 Å². The van der Waals surface area contributed by atoms with Crippen molar-refractivity contribution in [2.24, 2.45) is 17.6 Å². The molecule has 0 aromatic carbocycles. The van der Waals surface area contributed by atoms with Crippen LogP contribution in [0.1, 0.15) is 39.5 Å². The highest BCUT2D eigenvalue weighted by molar-refractivity contribution is 4.81. The zero-order valence-electron chi connectivity index (χ0n) is 7.14. The van der Waals surface area contributed by atoms with Gasteiger partial charge in [-0.05, 0) is 24.7 Å². The van der Waals surface area contributed by atoms with Crippen molar-refractivity contribution in [3.05, 3.63) is 0 Å². The molecule has 0 heterocycles. The van der Waals surface area contributed by atoms with Crippen LogP contribution in [0.25, 0.3) is 0 Å². The summed E-state index contributed by atoms with van der Waals surface area (Å²) in [6.07, 6.45) is 5.32. The molecule has 2 N–H and O–H groups in total. The third kappa shape index (κ3) is 1.51. The molecule has 0 aromatic rings. The minimum absolute atomic E-state index is 0.470. The van der Waals surface area contributed by atoms with Gasteiger partial charge >= 0.3 is 0 Å². The smallest absolute Gasteiger partial charge is 0.00670 e. The van der Waals surface area contributed by atoms with Gasteiger partial charge < -0.3 is 5.73 Å². The molecule has 0 aliphatic heterocycles. The summed E-state index contributed by atoms with van der Waals surface area (Å²) in [5, 5.41) is 0. The fourth-order valence-electron chi connectivity index (χ4n) is 2.11. The highest BCUT2D eigenvalue weighted by Crippen LogP contribution is 2.33. The summed E-state index contributed by atoms with van der Waals surface area (Å²) in [6, 6.07) is 0.470. The number of hydrogen-bond donors (Lipinski definition) is 1. The molecule has 1 saturated carbocycles. The lowest BCUT2D eigenvalue weighted by atomic mass is 9.89. The van der Waals surface area contributed by atoms with Crippen LogP contribution in [0.2, 0.25) is 0 Å². The average molecular weight is 141 g/mol. The predicted octanol–water partition coefficient (Wildman–Crippen LogP) is 2.16. The van der Waals surface area contributed by atoms with Crippen molar-refractivity contribution in [1.29, 1.82) is 0 Å². The van der Waals surface area contributed by atoms with E-state index in [-0.39, 0.29) is 0 Å². The van der Waals surface area contributed by atoms with Crippen LogP contribution in [-0.4, -0.2) is 6.04 Å². The predicted molar refractivity (Wildman–Crippen MR) is 44.8 cm³/mol. The van der Waals surface area contributed by atoms with Gasteiger partial charge in [-0.2, -0.15) is 0 Å². The molecule has 0 radical (unpaired) electrons. The zero-order chi connectivity index (χ0) is 7.56. The molecular formula is C9H19N. The molecule has 0 aromatic heterocycles. The van der Waals surface area contributed by atoms with E-state index in [0.717, 1.165) is 18.3 Å². The van der Waals surface area contributed by atoms with Crippen LogP contribution in [0.5, 0.6) is 0 Å². The standard InChI is InChI=1S/C9H19N/c1-3-9(10)8-6-4-5-7(8)2/h7-9H,3-6,10H2,1-2H3. The molecule has 1 aliphatic rings. The topological polar surface area (TPSA) is 26.0 Å². The molecule has 1 rings (SSSR count). The van der Waals surface area contributed by atoms with E-state index in [2.05, 4.69) is 13.8 Å². The van der Waals surface area contributed by atoms with Crippen molar-refractivity contribution in [3.8, 4) is 0 Å². The Morgan fingerprint density at radius 1 is 1.50 bits per heavy atom. The van der Waals surface area contributed by atoms with Crippen LogP contribution in [0.15, 0.2) is 0 Å². The summed E-state index contributed by atoms with van der Waals surface area (Å²) in [7, 11) is 0. The van der Waals surface area contributed by atoms with E-state index >= 15 is 0 Å². The molecule has 0 amide bonds. The van der Waals surface area contributed by atoms with Crippen LogP contribution in [0.3, 0.4) is 0 Å². The molecule has 0 spiro atoms. The summed E-state index contributed by atoms with van der Waals surface area (Å²) >= 11 is 0. The fourth-order valence-corrected chi connectivity index (χ4v) is 2.11. The first-order valence-electron chi connectivity index (χ1n) is 4.51. The van der Waals surface area contributed by atoms with Crippen LogP contribution >= 0.6 is 0 Å². The van der Waals surface area contributed by atoms with Crippen LogP contribution < -0.4 is 5.73 Å². The molecule has 1 fully saturated rings. The van der Waals surface area contributed by atoms with Gasteiger partial charge in [-0.15, -0.1) is 0 Å². The van der Waals surface area contributed by atoms with Gasteiger partial charge in [0.05, 0.1) is 0 Å². The molecule has 10 heavy (non-hydrogen) atoms. The molecule has 60 valence electrons. The Morgan fingerprint density at radius 3 is 2.60 bits per heavy atom. The van der Waals surface area contributed by atoms with Crippen LogP contribution in [0, 0.1) is 11.8 Å². The lowest BCUT2D eigenvalue weighted by Crippen LogP contribution is -2.30. The van der Waals surface area contributed by atoms with E-state index in [1.807, 2.05) is 0 Å². The van der Waals surface area contributed by atoms with Gasteiger partial charge in [0.25, 0.3) is 0 Å². The lowest BCUT2D eigenvalue weighted by molar-refractivity contribution is 0.338. The van der Waals surface area contributed by atoms with Crippen molar-refractivity contribution in [3.63, 3.8) is 0 Å². The first-order chi connectivity index (χ1) is 4.75. The van der Waals surface area contributed by atoms with Crippen molar-refractivity contribution in [2.45, 2.75) is 45.6 Å². The molecule has 0 saturated heterocycles. The normalized spacial score (nSPS) is 36.3. The van der Waals surface area contributed by atoms with Gasteiger partial charge in [-0.25, -0.2) is 0 Å². The maximum absolute atomic E-state index is 5.97. The quantitative estimate of drug-likeness (QED) is 0.626. The highest BCUT2D eigenvalue weighted by atomic mass is 14.7. The van der Waals surface area contributed by atoms with Crippen molar-refractivity contribution in [1.82, 2.24) is 0 Å².